The molecule has 2 N–H and O–H groups in total. The Kier molecular flexibility index (Phi) is 9.19. The standard InChI is InChI=1S/C22H33NO5/c1-15(12-13-19(24)27-6)16(2)20(25)18(14-17-10-8-7-9-11-17)23-21(26)28-22(3,4)5/h7-12,16,18,20,25H,13-14H2,1-6H3,(H,23,26)/b15-12+/t16-,18-,20+/m0/s1. The molecule has 0 aliphatic carbocycles. The van der Waals surface area contributed by atoms with Crippen LogP contribution >= 0.6 is 0 Å². The molecular formula is C22H33NO5. The molecule has 1 rings (SSSR count). The lowest BCUT2D eigenvalue weighted by molar-refractivity contribution is -0.139. The van der Waals surface area contributed by atoms with Crippen LogP contribution in [-0.4, -0.2) is 42.0 Å². The Balaban J connectivity index is 2.94. The molecule has 0 aliphatic rings. The van der Waals surface area contributed by atoms with Crippen LogP contribution in [0.15, 0.2) is 42.0 Å². The predicted octanol–water partition coefficient (Wildman–Crippen LogP) is 3.63. The molecule has 1 aromatic rings. The highest BCUT2D eigenvalue weighted by Gasteiger charge is 2.29. The van der Waals surface area contributed by atoms with Crippen molar-refractivity contribution in [3.63, 3.8) is 0 Å². The fraction of sp³-hybridized carbons (Fsp3) is 0.545. The summed E-state index contributed by atoms with van der Waals surface area (Å²) in [6.45, 7) is 9.08. The second-order valence-corrected chi connectivity index (χ2v) is 7.95. The number of aliphatic hydroxyl groups excluding tert-OH is 1. The summed E-state index contributed by atoms with van der Waals surface area (Å²) >= 11 is 0. The maximum Gasteiger partial charge on any atom is 0.407 e. The molecule has 0 bridgehead atoms. The second-order valence-electron chi connectivity index (χ2n) is 7.95. The molecule has 0 fully saturated rings. The molecule has 0 saturated carbocycles. The zero-order valence-corrected chi connectivity index (χ0v) is 17.7. The van der Waals surface area contributed by atoms with Crippen LogP contribution in [0.4, 0.5) is 4.79 Å². The largest absolute Gasteiger partial charge is 0.469 e. The Labute approximate surface area is 167 Å². The van der Waals surface area contributed by atoms with Gasteiger partial charge in [-0.05, 0) is 39.7 Å². The van der Waals surface area contributed by atoms with E-state index in [1.807, 2.05) is 44.2 Å². The van der Waals surface area contributed by atoms with E-state index < -0.39 is 23.8 Å². The molecule has 28 heavy (non-hydrogen) atoms. The van der Waals surface area contributed by atoms with E-state index in [0.717, 1.165) is 11.1 Å². The zero-order valence-electron chi connectivity index (χ0n) is 17.7. The van der Waals surface area contributed by atoms with Crippen molar-refractivity contribution in [1.82, 2.24) is 5.32 Å². The van der Waals surface area contributed by atoms with Crippen LogP contribution in [0.1, 0.15) is 46.6 Å². The Morgan fingerprint density at radius 2 is 1.82 bits per heavy atom. The third kappa shape index (κ3) is 8.57. The number of nitrogens with one attached hydrogen (secondary N) is 1. The summed E-state index contributed by atoms with van der Waals surface area (Å²) in [6, 6.07) is 9.09. The van der Waals surface area contributed by atoms with Crippen molar-refractivity contribution in [2.45, 2.75) is 65.2 Å². The van der Waals surface area contributed by atoms with Crippen molar-refractivity contribution < 1.29 is 24.2 Å². The van der Waals surface area contributed by atoms with Gasteiger partial charge in [-0.2, -0.15) is 0 Å². The number of carbonyl (C=O) groups excluding carboxylic acids is 2. The Morgan fingerprint density at radius 3 is 2.36 bits per heavy atom. The minimum Gasteiger partial charge on any atom is -0.469 e. The lowest BCUT2D eigenvalue weighted by atomic mass is 9.88. The van der Waals surface area contributed by atoms with Crippen molar-refractivity contribution in [1.29, 1.82) is 0 Å². The van der Waals surface area contributed by atoms with Gasteiger partial charge in [-0.3, -0.25) is 4.79 Å². The van der Waals surface area contributed by atoms with Crippen LogP contribution in [0.2, 0.25) is 0 Å². The molecule has 0 spiro atoms. The van der Waals surface area contributed by atoms with Gasteiger partial charge in [0.05, 0.1) is 25.7 Å². The Bertz CT molecular complexity index is 663. The molecule has 1 amide bonds. The van der Waals surface area contributed by atoms with Gasteiger partial charge in [-0.1, -0.05) is 48.9 Å². The summed E-state index contributed by atoms with van der Waals surface area (Å²) in [6.07, 6.45) is 0.905. The summed E-state index contributed by atoms with van der Waals surface area (Å²) in [5.41, 5.74) is 1.21. The van der Waals surface area contributed by atoms with E-state index in [1.165, 1.54) is 7.11 Å². The van der Waals surface area contributed by atoms with E-state index in [0.29, 0.717) is 6.42 Å². The number of alkyl carbamates (subject to hydrolysis) is 1. The van der Waals surface area contributed by atoms with Gasteiger partial charge in [0.15, 0.2) is 0 Å². The number of rotatable bonds is 8. The molecule has 0 aromatic heterocycles. The fourth-order valence-electron chi connectivity index (χ4n) is 2.72. The maximum atomic E-state index is 12.3. The molecule has 3 atom stereocenters. The van der Waals surface area contributed by atoms with Crippen molar-refractivity contribution in [2.75, 3.05) is 7.11 Å². The molecule has 0 unspecified atom stereocenters. The molecule has 0 heterocycles. The van der Waals surface area contributed by atoms with Crippen molar-refractivity contribution in [2.24, 2.45) is 5.92 Å². The van der Waals surface area contributed by atoms with Crippen molar-refractivity contribution in [3.05, 3.63) is 47.5 Å². The topological polar surface area (TPSA) is 84.9 Å². The Morgan fingerprint density at radius 1 is 1.21 bits per heavy atom. The number of ether oxygens (including phenoxy) is 2. The van der Waals surface area contributed by atoms with Crippen LogP contribution in [0.5, 0.6) is 0 Å². The average Bonchev–Trinajstić information content (AvgIpc) is 2.63. The lowest BCUT2D eigenvalue weighted by Gasteiger charge is -2.30. The first-order valence-corrected chi connectivity index (χ1v) is 9.48. The van der Waals surface area contributed by atoms with E-state index in [2.05, 4.69) is 10.1 Å². The van der Waals surface area contributed by atoms with Gasteiger partial charge in [0, 0.05) is 5.92 Å². The van der Waals surface area contributed by atoms with Crippen LogP contribution in [0.3, 0.4) is 0 Å². The molecule has 1 aromatic carbocycles. The second kappa shape index (κ2) is 10.9. The molecule has 156 valence electrons. The number of hydrogen-bond acceptors (Lipinski definition) is 5. The first-order chi connectivity index (χ1) is 13.0. The Hall–Kier alpha value is -2.34. The number of benzene rings is 1. The number of aliphatic hydroxyl groups is 1. The number of methoxy groups -OCH3 is 1. The van der Waals surface area contributed by atoms with E-state index in [4.69, 9.17) is 4.74 Å². The van der Waals surface area contributed by atoms with Gasteiger partial charge < -0.3 is 19.9 Å². The van der Waals surface area contributed by atoms with Crippen molar-refractivity contribution in [3.8, 4) is 0 Å². The predicted molar refractivity (Wildman–Crippen MR) is 109 cm³/mol. The van der Waals surface area contributed by atoms with Gasteiger partial charge in [-0.25, -0.2) is 4.79 Å². The van der Waals surface area contributed by atoms with Crippen LogP contribution in [0.25, 0.3) is 0 Å². The fourth-order valence-corrected chi connectivity index (χ4v) is 2.72. The molecule has 6 heteroatoms. The summed E-state index contributed by atoms with van der Waals surface area (Å²) in [5, 5.41) is 13.8. The van der Waals surface area contributed by atoms with Crippen LogP contribution in [-0.2, 0) is 20.7 Å². The van der Waals surface area contributed by atoms with Gasteiger partial charge in [0.2, 0.25) is 0 Å². The van der Waals surface area contributed by atoms with Crippen molar-refractivity contribution >= 4 is 12.1 Å². The summed E-state index contributed by atoms with van der Waals surface area (Å²) in [5.74, 6) is -0.609. The number of esters is 1. The average molecular weight is 392 g/mol. The normalized spacial score (nSPS) is 15.3. The third-order valence-electron chi connectivity index (χ3n) is 4.46. The molecule has 6 nitrogen and oxygen atoms in total. The monoisotopic (exact) mass is 391 g/mol. The number of carbonyl (C=O) groups is 2. The minimum atomic E-state index is -0.860. The first kappa shape index (κ1) is 23.7. The van der Waals surface area contributed by atoms with E-state index >= 15 is 0 Å². The summed E-state index contributed by atoms with van der Waals surface area (Å²) < 4.78 is 10.00. The van der Waals surface area contributed by atoms with Gasteiger partial charge in [-0.15, -0.1) is 0 Å². The lowest BCUT2D eigenvalue weighted by Crippen LogP contribution is -2.49. The van der Waals surface area contributed by atoms with Gasteiger partial charge >= 0.3 is 12.1 Å². The first-order valence-electron chi connectivity index (χ1n) is 9.48. The SMILES string of the molecule is COC(=O)C/C=C(\C)[C@H](C)[C@@H](O)[C@H](Cc1ccccc1)NC(=O)OC(C)(C)C. The maximum absolute atomic E-state index is 12.3. The van der Waals surface area contributed by atoms with Gasteiger partial charge in [0.25, 0.3) is 0 Å². The van der Waals surface area contributed by atoms with E-state index in [1.54, 1.807) is 26.8 Å². The number of amides is 1. The quantitative estimate of drug-likeness (QED) is 0.522. The molecule has 0 radical (unpaired) electrons. The van der Waals surface area contributed by atoms with Crippen LogP contribution < -0.4 is 5.32 Å². The van der Waals surface area contributed by atoms with Crippen LogP contribution in [0, 0.1) is 5.92 Å². The zero-order chi connectivity index (χ0) is 21.3. The minimum absolute atomic E-state index is 0.141. The smallest absolute Gasteiger partial charge is 0.407 e. The number of hydrogen-bond donors (Lipinski definition) is 2. The molecule has 0 aliphatic heterocycles. The highest BCUT2D eigenvalue weighted by molar-refractivity contribution is 5.71. The van der Waals surface area contributed by atoms with E-state index in [-0.39, 0.29) is 18.3 Å². The highest BCUT2D eigenvalue weighted by Crippen LogP contribution is 2.21. The molecule has 0 saturated heterocycles. The summed E-state index contributed by atoms with van der Waals surface area (Å²) in [4.78, 5) is 23.6. The summed E-state index contributed by atoms with van der Waals surface area (Å²) in [7, 11) is 1.34. The van der Waals surface area contributed by atoms with Gasteiger partial charge in [0.1, 0.15) is 5.60 Å². The van der Waals surface area contributed by atoms with E-state index in [9.17, 15) is 14.7 Å². The highest BCUT2D eigenvalue weighted by atomic mass is 16.6. The molecular weight excluding hydrogens is 358 g/mol. The third-order valence-corrected chi connectivity index (χ3v) is 4.46.